The maximum Gasteiger partial charge on any atom is 0.224 e. The summed E-state index contributed by atoms with van der Waals surface area (Å²) in [6.07, 6.45) is 2.11. The zero-order valence-corrected chi connectivity index (χ0v) is 13.1. The van der Waals surface area contributed by atoms with E-state index in [9.17, 15) is 0 Å². The Morgan fingerprint density at radius 3 is 2.48 bits per heavy atom. The van der Waals surface area contributed by atoms with Crippen molar-refractivity contribution in [2.24, 2.45) is 0 Å². The summed E-state index contributed by atoms with van der Waals surface area (Å²) in [5.74, 6) is 1.56. The number of hydrogen-bond acceptors (Lipinski definition) is 4. The lowest BCUT2D eigenvalue weighted by molar-refractivity contribution is 0.942. The van der Waals surface area contributed by atoms with Gasteiger partial charge in [-0.05, 0) is 30.9 Å². The summed E-state index contributed by atoms with van der Waals surface area (Å²) >= 11 is 0. The molecular weight excluding hydrogens is 260 g/mol. The number of nitrogens with one attached hydrogen (secondary N) is 2. The van der Waals surface area contributed by atoms with Crippen molar-refractivity contribution in [3.63, 3.8) is 0 Å². The predicted octanol–water partition coefficient (Wildman–Crippen LogP) is 3.78. The van der Waals surface area contributed by atoms with Crippen molar-refractivity contribution < 1.29 is 0 Å². The molecule has 0 aliphatic heterocycles. The molecule has 1 aromatic heterocycles. The number of benzene rings is 1. The topological polar surface area (TPSA) is 49.8 Å². The van der Waals surface area contributed by atoms with Crippen LogP contribution in [0.15, 0.2) is 30.3 Å². The Morgan fingerprint density at radius 1 is 1.00 bits per heavy atom. The molecule has 0 saturated heterocycles. The summed E-state index contributed by atoms with van der Waals surface area (Å²) in [6, 6.07) is 10.5. The molecule has 0 atom stereocenters. The molecule has 0 saturated carbocycles. The largest absolute Gasteiger partial charge is 0.366 e. The minimum atomic E-state index is 0.697. The van der Waals surface area contributed by atoms with E-state index in [0.29, 0.717) is 5.95 Å². The van der Waals surface area contributed by atoms with Gasteiger partial charge in [0.1, 0.15) is 5.82 Å². The molecule has 4 heteroatoms. The molecule has 0 amide bonds. The monoisotopic (exact) mass is 284 g/mol. The molecule has 0 aliphatic rings. The van der Waals surface area contributed by atoms with E-state index in [1.807, 2.05) is 13.0 Å². The van der Waals surface area contributed by atoms with Gasteiger partial charge in [0, 0.05) is 24.8 Å². The van der Waals surface area contributed by atoms with Crippen molar-refractivity contribution in [1.82, 2.24) is 9.97 Å². The smallest absolute Gasteiger partial charge is 0.224 e. The average molecular weight is 284 g/mol. The Balaban J connectivity index is 2.07. The van der Waals surface area contributed by atoms with Crippen molar-refractivity contribution in [3.05, 3.63) is 47.2 Å². The molecule has 2 rings (SSSR count). The van der Waals surface area contributed by atoms with Gasteiger partial charge in [-0.25, -0.2) is 4.98 Å². The predicted molar refractivity (Wildman–Crippen MR) is 88.7 cm³/mol. The Bertz CT molecular complexity index is 581. The zero-order valence-electron chi connectivity index (χ0n) is 13.1. The second kappa shape index (κ2) is 7.62. The SMILES string of the molecule is CCCNc1nc(C)cc(NCc2ccccc2CC)n1. The van der Waals surface area contributed by atoms with Crippen LogP contribution in [0.25, 0.3) is 0 Å². The standard InChI is InChI=1S/C17H24N4/c1-4-10-18-17-20-13(3)11-16(21-17)19-12-15-9-7-6-8-14(15)5-2/h6-9,11H,4-5,10,12H2,1-3H3,(H2,18,19,20,21). The number of aryl methyl sites for hydroxylation is 2. The molecule has 0 radical (unpaired) electrons. The van der Waals surface area contributed by atoms with E-state index in [1.165, 1.54) is 11.1 Å². The highest BCUT2D eigenvalue weighted by Crippen LogP contribution is 2.14. The minimum absolute atomic E-state index is 0.697. The quantitative estimate of drug-likeness (QED) is 0.812. The van der Waals surface area contributed by atoms with Gasteiger partial charge in [-0.2, -0.15) is 4.98 Å². The summed E-state index contributed by atoms with van der Waals surface area (Å²) in [5.41, 5.74) is 3.66. The van der Waals surface area contributed by atoms with Crippen LogP contribution in [0.5, 0.6) is 0 Å². The molecule has 0 fully saturated rings. The molecule has 2 aromatic rings. The molecule has 2 N–H and O–H groups in total. The summed E-state index contributed by atoms with van der Waals surface area (Å²) in [6.45, 7) is 7.98. The Labute approximate surface area is 127 Å². The van der Waals surface area contributed by atoms with Gasteiger partial charge in [-0.3, -0.25) is 0 Å². The first-order chi connectivity index (χ1) is 10.2. The van der Waals surface area contributed by atoms with Gasteiger partial charge in [0.2, 0.25) is 5.95 Å². The number of rotatable bonds is 7. The normalized spacial score (nSPS) is 10.4. The van der Waals surface area contributed by atoms with Crippen molar-refractivity contribution >= 4 is 11.8 Å². The lowest BCUT2D eigenvalue weighted by Gasteiger charge is -2.11. The third-order valence-corrected chi connectivity index (χ3v) is 3.35. The number of hydrogen-bond donors (Lipinski definition) is 2. The average Bonchev–Trinajstić information content (AvgIpc) is 2.50. The van der Waals surface area contributed by atoms with E-state index < -0.39 is 0 Å². The first kappa shape index (κ1) is 15.3. The summed E-state index contributed by atoms with van der Waals surface area (Å²) < 4.78 is 0. The second-order valence-corrected chi connectivity index (χ2v) is 5.12. The Kier molecular flexibility index (Phi) is 5.55. The van der Waals surface area contributed by atoms with E-state index in [2.05, 4.69) is 58.7 Å². The van der Waals surface area contributed by atoms with Gasteiger partial charge < -0.3 is 10.6 Å². The zero-order chi connectivity index (χ0) is 15.1. The highest BCUT2D eigenvalue weighted by Gasteiger charge is 2.03. The molecule has 0 spiro atoms. The highest BCUT2D eigenvalue weighted by molar-refractivity contribution is 5.43. The molecule has 0 unspecified atom stereocenters. The third-order valence-electron chi connectivity index (χ3n) is 3.35. The van der Waals surface area contributed by atoms with E-state index in [4.69, 9.17) is 0 Å². The fraction of sp³-hybridized carbons (Fsp3) is 0.412. The van der Waals surface area contributed by atoms with E-state index in [0.717, 1.165) is 37.4 Å². The van der Waals surface area contributed by atoms with Crippen LogP contribution in [0.4, 0.5) is 11.8 Å². The number of anilines is 2. The summed E-state index contributed by atoms with van der Waals surface area (Å²) in [7, 11) is 0. The van der Waals surface area contributed by atoms with Crippen molar-refractivity contribution in [2.75, 3.05) is 17.2 Å². The van der Waals surface area contributed by atoms with Crippen molar-refractivity contribution in [3.8, 4) is 0 Å². The van der Waals surface area contributed by atoms with E-state index in [1.54, 1.807) is 0 Å². The number of aromatic nitrogens is 2. The summed E-state index contributed by atoms with van der Waals surface area (Å²) in [5, 5.41) is 6.64. The Hall–Kier alpha value is -2.10. The molecule has 4 nitrogen and oxygen atoms in total. The van der Waals surface area contributed by atoms with Gasteiger partial charge in [0.15, 0.2) is 0 Å². The van der Waals surface area contributed by atoms with Crippen LogP contribution in [0, 0.1) is 6.92 Å². The molecule has 0 aliphatic carbocycles. The fourth-order valence-corrected chi connectivity index (χ4v) is 2.24. The van der Waals surface area contributed by atoms with Gasteiger partial charge in [-0.15, -0.1) is 0 Å². The van der Waals surface area contributed by atoms with Crippen molar-refractivity contribution in [1.29, 1.82) is 0 Å². The van der Waals surface area contributed by atoms with Crippen LogP contribution in [-0.4, -0.2) is 16.5 Å². The van der Waals surface area contributed by atoms with Gasteiger partial charge in [0.25, 0.3) is 0 Å². The first-order valence-corrected chi connectivity index (χ1v) is 7.63. The number of nitrogens with zero attached hydrogens (tertiary/aromatic N) is 2. The minimum Gasteiger partial charge on any atom is -0.366 e. The van der Waals surface area contributed by atoms with Crippen LogP contribution >= 0.6 is 0 Å². The second-order valence-electron chi connectivity index (χ2n) is 5.12. The van der Waals surface area contributed by atoms with Crippen LogP contribution in [0.2, 0.25) is 0 Å². The van der Waals surface area contributed by atoms with Gasteiger partial charge >= 0.3 is 0 Å². The third kappa shape index (κ3) is 4.45. The van der Waals surface area contributed by atoms with Crippen LogP contribution < -0.4 is 10.6 Å². The fourth-order valence-electron chi connectivity index (χ4n) is 2.24. The molecular formula is C17H24N4. The Morgan fingerprint density at radius 2 is 1.76 bits per heavy atom. The molecule has 21 heavy (non-hydrogen) atoms. The molecule has 112 valence electrons. The van der Waals surface area contributed by atoms with Crippen LogP contribution in [-0.2, 0) is 13.0 Å². The first-order valence-electron chi connectivity index (χ1n) is 7.63. The van der Waals surface area contributed by atoms with Crippen LogP contribution in [0.1, 0.15) is 37.1 Å². The summed E-state index contributed by atoms with van der Waals surface area (Å²) in [4.78, 5) is 8.91. The van der Waals surface area contributed by atoms with E-state index in [-0.39, 0.29) is 0 Å². The van der Waals surface area contributed by atoms with Gasteiger partial charge in [0.05, 0.1) is 0 Å². The highest BCUT2D eigenvalue weighted by atomic mass is 15.1. The molecule has 1 aromatic carbocycles. The van der Waals surface area contributed by atoms with E-state index >= 15 is 0 Å². The lowest BCUT2D eigenvalue weighted by Crippen LogP contribution is -2.09. The van der Waals surface area contributed by atoms with Crippen LogP contribution in [0.3, 0.4) is 0 Å². The van der Waals surface area contributed by atoms with Gasteiger partial charge in [-0.1, -0.05) is 38.1 Å². The maximum absolute atomic E-state index is 4.51. The maximum atomic E-state index is 4.51. The lowest BCUT2D eigenvalue weighted by atomic mass is 10.1. The van der Waals surface area contributed by atoms with Crippen molar-refractivity contribution in [2.45, 2.75) is 40.2 Å². The molecule has 0 bridgehead atoms. The molecule has 1 heterocycles.